The minimum atomic E-state index is -0.130. The molecule has 1 aliphatic carbocycles. The van der Waals surface area contributed by atoms with Gasteiger partial charge in [-0.05, 0) is 33.6 Å². The summed E-state index contributed by atoms with van der Waals surface area (Å²) in [5, 5.41) is 3.38. The smallest absolute Gasteiger partial charge is 0.245 e. The molecule has 0 radical (unpaired) electrons. The molecule has 1 aromatic rings. The molecule has 0 aromatic carbocycles. The number of fused-ring (bicyclic) bond motifs is 1. The van der Waals surface area contributed by atoms with Crippen molar-refractivity contribution in [3.8, 4) is 0 Å². The molecule has 2 aliphatic rings. The summed E-state index contributed by atoms with van der Waals surface area (Å²) in [5.41, 5.74) is 2.44. The fraction of sp³-hybridized carbons (Fsp3) is 0.750. The highest BCUT2D eigenvalue weighted by atomic mass is 16.2. The van der Waals surface area contributed by atoms with Crippen molar-refractivity contribution < 1.29 is 4.79 Å². The number of rotatable bonds is 5. The highest BCUT2D eigenvalue weighted by Gasteiger charge is 2.35. The van der Waals surface area contributed by atoms with E-state index in [2.05, 4.69) is 9.88 Å². The molecule has 0 saturated heterocycles. The quantitative estimate of drug-likeness (QED) is 0.900. The molecule has 5 nitrogen and oxygen atoms in total. The largest absolute Gasteiger partial charge is 0.341 e. The summed E-state index contributed by atoms with van der Waals surface area (Å²) >= 11 is 0. The molecule has 1 aliphatic heterocycles. The van der Waals surface area contributed by atoms with Crippen LogP contribution in [0.4, 0.5) is 0 Å². The van der Waals surface area contributed by atoms with Crippen molar-refractivity contribution in [2.24, 2.45) is 0 Å². The Kier molecular flexibility index (Phi) is 4.02. The molecule has 1 atom stereocenters. The molecule has 1 amide bonds. The Morgan fingerprint density at radius 3 is 2.76 bits per heavy atom. The zero-order valence-electron chi connectivity index (χ0n) is 13.4. The van der Waals surface area contributed by atoms with Crippen molar-refractivity contribution in [1.82, 2.24) is 19.8 Å². The maximum absolute atomic E-state index is 12.7. The van der Waals surface area contributed by atoms with Crippen LogP contribution in [-0.2, 0) is 17.8 Å². The fourth-order valence-electron chi connectivity index (χ4n) is 3.33. The summed E-state index contributed by atoms with van der Waals surface area (Å²) in [6, 6.07) is -0.130. The van der Waals surface area contributed by atoms with Gasteiger partial charge in [0.05, 0.1) is 5.69 Å². The number of nitrogens with zero attached hydrogens (tertiary/aromatic N) is 3. The van der Waals surface area contributed by atoms with Gasteiger partial charge in [-0.25, -0.2) is 4.98 Å². The molecule has 21 heavy (non-hydrogen) atoms. The molecular formula is C16H26N4O. The van der Waals surface area contributed by atoms with E-state index in [1.807, 2.05) is 25.7 Å². The summed E-state index contributed by atoms with van der Waals surface area (Å²) in [7, 11) is 0. The van der Waals surface area contributed by atoms with Gasteiger partial charge in [0.1, 0.15) is 11.9 Å². The van der Waals surface area contributed by atoms with Gasteiger partial charge in [0.25, 0.3) is 0 Å². The number of imidazole rings is 1. The third-order valence-electron chi connectivity index (χ3n) is 4.71. The van der Waals surface area contributed by atoms with Crippen molar-refractivity contribution in [2.45, 2.75) is 58.5 Å². The van der Waals surface area contributed by atoms with Gasteiger partial charge in [0.15, 0.2) is 0 Å². The lowest BCUT2D eigenvalue weighted by molar-refractivity contribution is -0.134. The van der Waals surface area contributed by atoms with Gasteiger partial charge in [0, 0.05) is 44.2 Å². The topological polar surface area (TPSA) is 50.2 Å². The van der Waals surface area contributed by atoms with Gasteiger partial charge < -0.3 is 14.8 Å². The number of likely N-dealkylation sites (N-methyl/N-ethyl adjacent to an activating group) is 1. The average Bonchev–Trinajstić information content (AvgIpc) is 3.28. The van der Waals surface area contributed by atoms with Gasteiger partial charge in [-0.15, -0.1) is 0 Å². The Balaban J connectivity index is 1.96. The molecule has 2 heterocycles. The number of nitrogens with one attached hydrogen (secondary N) is 1. The zero-order valence-corrected chi connectivity index (χ0v) is 13.4. The molecule has 1 N–H and O–H groups in total. The SMILES string of the molecule is CCN(CC)C(=O)C(C)n1c(C2CC2)nc2c1CCNC2. The second kappa shape index (κ2) is 5.79. The van der Waals surface area contributed by atoms with Crippen LogP contribution >= 0.6 is 0 Å². The third-order valence-corrected chi connectivity index (χ3v) is 4.71. The van der Waals surface area contributed by atoms with Crippen molar-refractivity contribution >= 4 is 5.91 Å². The minimum Gasteiger partial charge on any atom is -0.341 e. The highest BCUT2D eigenvalue weighted by molar-refractivity contribution is 5.80. The number of carbonyl (C=O) groups excluding carboxylic acids is 1. The Labute approximate surface area is 126 Å². The Bertz CT molecular complexity index is 529. The normalized spacial score (nSPS) is 19.2. The molecule has 1 saturated carbocycles. The van der Waals surface area contributed by atoms with Crippen LogP contribution in [-0.4, -0.2) is 40.0 Å². The van der Waals surface area contributed by atoms with Crippen molar-refractivity contribution in [2.75, 3.05) is 19.6 Å². The van der Waals surface area contributed by atoms with E-state index in [9.17, 15) is 4.79 Å². The molecule has 1 aromatic heterocycles. The van der Waals surface area contributed by atoms with Crippen LogP contribution in [0, 0.1) is 0 Å². The van der Waals surface area contributed by atoms with Crippen LogP contribution in [0.2, 0.25) is 0 Å². The predicted octanol–water partition coefficient (Wildman–Crippen LogP) is 1.84. The van der Waals surface area contributed by atoms with Crippen LogP contribution in [0.15, 0.2) is 0 Å². The summed E-state index contributed by atoms with van der Waals surface area (Å²) in [6.45, 7) is 9.50. The van der Waals surface area contributed by atoms with Gasteiger partial charge in [0.2, 0.25) is 5.91 Å². The van der Waals surface area contributed by atoms with E-state index >= 15 is 0 Å². The Morgan fingerprint density at radius 2 is 2.14 bits per heavy atom. The van der Waals surface area contributed by atoms with Gasteiger partial charge >= 0.3 is 0 Å². The molecule has 5 heteroatoms. The molecule has 3 rings (SSSR count). The van der Waals surface area contributed by atoms with Crippen LogP contribution < -0.4 is 5.32 Å². The number of carbonyl (C=O) groups is 1. The van der Waals surface area contributed by atoms with Gasteiger partial charge in [-0.1, -0.05) is 0 Å². The average molecular weight is 290 g/mol. The van der Waals surface area contributed by atoms with Crippen LogP contribution in [0.5, 0.6) is 0 Å². The highest BCUT2D eigenvalue weighted by Crippen LogP contribution is 2.41. The van der Waals surface area contributed by atoms with Crippen molar-refractivity contribution in [3.05, 3.63) is 17.2 Å². The first-order valence-corrected chi connectivity index (χ1v) is 8.26. The second-order valence-corrected chi connectivity index (χ2v) is 6.12. The number of amides is 1. The van der Waals surface area contributed by atoms with Crippen LogP contribution in [0.25, 0.3) is 0 Å². The summed E-state index contributed by atoms with van der Waals surface area (Å²) in [4.78, 5) is 19.5. The molecule has 0 bridgehead atoms. The lowest BCUT2D eigenvalue weighted by atomic mass is 10.1. The van der Waals surface area contributed by atoms with Crippen molar-refractivity contribution in [1.29, 1.82) is 0 Å². The van der Waals surface area contributed by atoms with Crippen LogP contribution in [0.1, 0.15) is 62.8 Å². The first kappa shape index (κ1) is 14.6. The maximum atomic E-state index is 12.7. The molecule has 0 spiro atoms. The standard InChI is InChI=1S/C16H26N4O/c1-4-19(5-2)16(21)11(3)20-14-8-9-17-10-13(14)18-15(20)12-6-7-12/h11-12,17H,4-10H2,1-3H3. The fourth-order valence-corrected chi connectivity index (χ4v) is 3.33. The first-order valence-electron chi connectivity index (χ1n) is 8.26. The summed E-state index contributed by atoms with van der Waals surface area (Å²) < 4.78 is 2.26. The molecular weight excluding hydrogens is 264 g/mol. The maximum Gasteiger partial charge on any atom is 0.245 e. The van der Waals surface area contributed by atoms with Gasteiger partial charge in [-0.2, -0.15) is 0 Å². The lowest BCUT2D eigenvalue weighted by Gasteiger charge is -2.26. The summed E-state index contributed by atoms with van der Waals surface area (Å²) in [6.07, 6.45) is 3.41. The predicted molar refractivity (Wildman–Crippen MR) is 82.3 cm³/mol. The zero-order chi connectivity index (χ0) is 15.0. The van der Waals surface area contributed by atoms with E-state index in [4.69, 9.17) is 4.98 Å². The van der Waals surface area contributed by atoms with E-state index in [0.29, 0.717) is 5.92 Å². The van der Waals surface area contributed by atoms with E-state index < -0.39 is 0 Å². The first-order chi connectivity index (χ1) is 10.2. The van der Waals surface area contributed by atoms with Crippen LogP contribution in [0.3, 0.4) is 0 Å². The Hall–Kier alpha value is -1.36. The van der Waals surface area contributed by atoms with E-state index in [1.165, 1.54) is 18.5 Å². The number of hydrogen-bond donors (Lipinski definition) is 1. The lowest BCUT2D eigenvalue weighted by Crippen LogP contribution is -2.37. The number of aromatic nitrogens is 2. The summed E-state index contributed by atoms with van der Waals surface area (Å²) in [5.74, 6) is 1.94. The van der Waals surface area contributed by atoms with Gasteiger partial charge in [-0.3, -0.25) is 4.79 Å². The molecule has 1 fully saturated rings. The Morgan fingerprint density at radius 1 is 1.43 bits per heavy atom. The minimum absolute atomic E-state index is 0.130. The van der Waals surface area contributed by atoms with Crippen molar-refractivity contribution in [3.63, 3.8) is 0 Å². The monoisotopic (exact) mass is 290 g/mol. The van der Waals surface area contributed by atoms with E-state index in [0.717, 1.165) is 44.1 Å². The molecule has 1 unspecified atom stereocenters. The third kappa shape index (κ3) is 2.59. The number of hydrogen-bond acceptors (Lipinski definition) is 3. The second-order valence-electron chi connectivity index (χ2n) is 6.12. The van der Waals surface area contributed by atoms with E-state index in [-0.39, 0.29) is 11.9 Å². The molecule has 116 valence electrons. The van der Waals surface area contributed by atoms with E-state index in [1.54, 1.807) is 0 Å².